The van der Waals surface area contributed by atoms with Crippen LogP contribution in [-0.2, 0) is 12.6 Å². The number of benzene rings is 1. The number of aliphatic hydroxyl groups is 1. The van der Waals surface area contributed by atoms with E-state index in [4.69, 9.17) is 9.26 Å². The number of halogens is 3. The van der Waals surface area contributed by atoms with Crippen molar-refractivity contribution >= 4 is 11.0 Å². The summed E-state index contributed by atoms with van der Waals surface area (Å²) in [5.41, 5.74) is -0.245. The molecule has 7 heteroatoms. The Hall–Kier alpha value is -1.76. The smallest absolute Gasteiger partial charge is 0.437 e. The molecule has 2 atom stereocenters. The molecule has 0 bridgehead atoms. The molecular formula is C18H22F3NO3. The van der Waals surface area contributed by atoms with Crippen LogP contribution in [0.25, 0.3) is 11.0 Å². The highest BCUT2D eigenvalue weighted by Gasteiger charge is 2.38. The quantitative estimate of drug-likeness (QED) is 0.841. The summed E-state index contributed by atoms with van der Waals surface area (Å²) >= 11 is 0. The number of aromatic nitrogens is 1. The van der Waals surface area contributed by atoms with Crippen molar-refractivity contribution < 1.29 is 27.5 Å². The molecular weight excluding hydrogens is 335 g/mol. The number of nitrogens with zero attached hydrogens (tertiary/aromatic N) is 1. The number of fused-ring (bicyclic) bond motifs is 1. The van der Waals surface area contributed by atoms with Crippen molar-refractivity contribution in [3.63, 3.8) is 0 Å². The van der Waals surface area contributed by atoms with Crippen LogP contribution in [0.2, 0.25) is 0 Å². The third kappa shape index (κ3) is 3.61. The maximum atomic E-state index is 13.1. The molecule has 1 fully saturated rings. The van der Waals surface area contributed by atoms with Gasteiger partial charge in [0.2, 0.25) is 0 Å². The van der Waals surface area contributed by atoms with E-state index in [1.54, 1.807) is 6.07 Å². The minimum absolute atomic E-state index is 0.0364. The van der Waals surface area contributed by atoms with Crippen LogP contribution < -0.4 is 4.74 Å². The second kappa shape index (κ2) is 7.23. The molecule has 25 heavy (non-hydrogen) atoms. The fourth-order valence-corrected chi connectivity index (χ4v) is 3.54. The Labute approximate surface area is 143 Å². The van der Waals surface area contributed by atoms with Crippen molar-refractivity contribution in [3.8, 4) is 5.75 Å². The van der Waals surface area contributed by atoms with Crippen LogP contribution in [0.3, 0.4) is 0 Å². The SMILES string of the molecule is CCCc1c(O[C@@H]2CCCC[C@@H]2CO)ccc2c(C(F)(F)F)noc12. The molecule has 1 aromatic carbocycles. The van der Waals surface area contributed by atoms with Crippen molar-refractivity contribution in [3.05, 3.63) is 23.4 Å². The van der Waals surface area contributed by atoms with E-state index in [0.29, 0.717) is 17.7 Å². The number of ether oxygens (including phenoxy) is 1. The normalized spacial score (nSPS) is 21.6. The number of aliphatic hydroxyl groups excluding tert-OH is 1. The summed E-state index contributed by atoms with van der Waals surface area (Å²) in [6.07, 6.45) is 0.406. The molecule has 2 aromatic rings. The van der Waals surface area contributed by atoms with Gasteiger partial charge in [-0.15, -0.1) is 0 Å². The number of aryl methyl sites for hydroxylation is 1. The lowest BCUT2D eigenvalue weighted by atomic mass is 9.87. The van der Waals surface area contributed by atoms with Gasteiger partial charge in [-0.1, -0.05) is 24.9 Å². The maximum Gasteiger partial charge on any atom is 0.437 e. The van der Waals surface area contributed by atoms with Gasteiger partial charge in [0.15, 0.2) is 11.3 Å². The Bertz CT molecular complexity index is 726. The standard InChI is InChI=1S/C18H22F3NO3/c1-2-5-12-15(24-14-7-4-3-6-11(14)10-23)9-8-13-16(12)25-22-17(13)18(19,20)21/h8-9,11,14,23H,2-7,10H2,1H3/t11-,14-/m1/s1. The van der Waals surface area contributed by atoms with E-state index < -0.39 is 11.9 Å². The minimum atomic E-state index is -4.55. The molecule has 0 amide bonds. The Morgan fingerprint density at radius 1 is 1.28 bits per heavy atom. The molecule has 138 valence electrons. The third-order valence-electron chi connectivity index (χ3n) is 4.82. The molecule has 0 radical (unpaired) electrons. The lowest BCUT2D eigenvalue weighted by Gasteiger charge is -2.31. The molecule has 0 saturated heterocycles. The molecule has 1 saturated carbocycles. The van der Waals surface area contributed by atoms with Gasteiger partial charge in [0.1, 0.15) is 11.9 Å². The molecule has 1 aliphatic rings. The highest BCUT2D eigenvalue weighted by atomic mass is 19.4. The fraction of sp³-hybridized carbons (Fsp3) is 0.611. The van der Waals surface area contributed by atoms with Gasteiger partial charge in [-0.25, -0.2) is 0 Å². The van der Waals surface area contributed by atoms with Gasteiger partial charge >= 0.3 is 6.18 Å². The van der Waals surface area contributed by atoms with Crippen molar-refractivity contribution in [1.82, 2.24) is 5.16 Å². The Balaban J connectivity index is 1.99. The van der Waals surface area contributed by atoms with Crippen LogP contribution in [-0.4, -0.2) is 23.0 Å². The van der Waals surface area contributed by atoms with E-state index in [0.717, 1.165) is 32.1 Å². The zero-order valence-electron chi connectivity index (χ0n) is 14.1. The zero-order valence-corrected chi connectivity index (χ0v) is 14.1. The minimum Gasteiger partial charge on any atom is -0.490 e. The maximum absolute atomic E-state index is 13.1. The predicted molar refractivity (Wildman–Crippen MR) is 86.5 cm³/mol. The van der Waals surface area contributed by atoms with Gasteiger partial charge in [0.05, 0.1) is 5.39 Å². The van der Waals surface area contributed by atoms with Gasteiger partial charge in [0, 0.05) is 18.1 Å². The van der Waals surface area contributed by atoms with Gasteiger partial charge in [0.25, 0.3) is 0 Å². The highest BCUT2D eigenvalue weighted by Crippen LogP contribution is 2.39. The van der Waals surface area contributed by atoms with Crippen LogP contribution >= 0.6 is 0 Å². The number of rotatable bonds is 5. The van der Waals surface area contributed by atoms with E-state index in [1.165, 1.54) is 6.07 Å². The molecule has 1 aliphatic carbocycles. The average Bonchev–Trinajstić information content (AvgIpc) is 3.02. The van der Waals surface area contributed by atoms with Crippen molar-refractivity contribution in [1.29, 1.82) is 0 Å². The summed E-state index contributed by atoms with van der Waals surface area (Å²) in [6, 6.07) is 2.93. The number of hydrogen-bond donors (Lipinski definition) is 1. The highest BCUT2D eigenvalue weighted by molar-refractivity contribution is 5.85. The Kier molecular flexibility index (Phi) is 5.22. The first-order chi connectivity index (χ1) is 12.0. The monoisotopic (exact) mass is 357 g/mol. The van der Waals surface area contributed by atoms with Crippen LogP contribution in [0.15, 0.2) is 16.7 Å². The first-order valence-electron chi connectivity index (χ1n) is 8.71. The van der Waals surface area contributed by atoms with Gasteiger partial charge in [-0.05, 0) is 37.8 Å². The molecule has 1 aromatic heterocycles. The predicted octanol–water partition coefficient (Wildman–Crippen LogP) is 4.73. The summed E-state index contributed by atoms with van der Waals surface area (Å²) in [6.45, 7) is 2.00. The second-order valence-corrected chi connectivity index (χ2v) is 6.58. The lowest BCUT2D eigenvalue weighted by Crippen LogP contribution is -2.32. The number of alkyl halides is 3. The molecule has 1 N–H and O–H groups in total. The Morgan fingerprint density at radius 2 is 2.04 bits per heavy atom. The third-order valence-corrected chi connectivity index (χ3v) is 4.82. The summed E-state index contributed by atoms with van der Waals surface area (Å²) in [5.74, 6) is 0.587. The second-order valence-electron chi connectivity index (χ2n) is 6.58. The van der Waals surface area contributed by atoms with Crippen molar-refractivity contribution in [2.45, 2.75) is 57.7 Å². The average molecular weight is 357 g/mol. The van der Waals surface area contributed by atoms with Crippen LogP contribution in [0.1, 0.15) is 50.3 Å². The topological polar surface area (TPSA) is 55.5 Å². The van der Waals surface area contributed by atoms with Gasteiger partial charge in [-0.2, -0.15) is 13.2 Å². The van der Waals surface area contributed by atoms with E-state index in [1.807, 2.05) is 6.92 Å². The Morgan fingerprint density at radius 3 is 2.72 bits per heavy atom. The molecule has 0 spiro atoms. The molecule has 1 heterocycles. The first kappa shape index (κ1) is 18.0. The number of hydrogen-bond acceptors (Lipinski definition) is 4. The first-order valence-corrected chi connectivity index (χ1v) is 8.71. The molecule has 3 rings (SSSR count). The molecule has 4 nitrogen and oxygen atoms in total. The van der Waals surface area contributed by atoms with Crippen LogP contribution in [0, 0.1) is 5.92 Å². The summed E-state index contributed by atoms with van der Waals surface area (Å²) in [7, 11) is 0. The van der Waals surface area contributed by atoms with E-state index in [9.17, 15) is 18.3 Å². The lowest BCUT2D eigenvalue weighted by molar-refractivity contribution is -0.141. The summed E-state index contributed by atoms with van der Waals surface area (Å²) in [5, 5.41) is 12.7. The molecule has 0 unspecified atom stereocenters. The summed E-state index contributed by atoms with van der Waals surface area (Å²) < 4.78 is 50.3. The van der Waals surface area contributed by atoms with Crippen molar-refractivity contribution in [2.24, 2.45) is 5.92 Å². The van der Waals surface area contributed by atoms with E-state index >= 15 is 0 Å². The fourth-order valence-electron chi connectivity index (χ4n) is 3.54. The van der Waals surface area contributed by atoms with Crippen LogP contribution in [0.5, 0.6) is 5.75 Å². The summed E-state index contributed by atoms with van der Waals surface area (Å²) in [4.78, 5) is 0. The zero-order chi connectivity index (χ0) is 18.0. The largest absolute Gasteiger partial charge is 0.490 e. The van der Waals surface area contributed by atoms with Gasteiger partial charge in [-0.3, -0.25) is 0 Å². The van der Waals surface area contributed by atoms with E-state index in [2.05, 4.69) is 5.16 Å². The van der Waals surface area contributed by atoms with Crippen molar-refractivity contribution in [2.75, 3.05) is 6.61 Å². The van der Waals surface area contributed by atoms with Gasteiger partial charge < -0.3 is 14.4 Å². The van der Waals surface area contributed by atoms with E-state index in [-0.39, 0.29) is 29.6 Å². The van der Waals surface area contributed by atoms with Crippen LogP contribution in [0.4, 0.5) is 13.2 Å². The molecule has 0 aliphatic heterocycles.